The number of rotatable bonds is 4. The Kier molecular flexibility index (Phi) is 6.10. The Labute approximate surface area is 155 Å². The van der Waals surface area contributed by atoms with E-state index in [2.05, 4.69) is 57.7 Å². The van der Waals surface area contributed by atoms with E-state index in [0.29, 0.717) is 0 Å². The van der Waals surface area contributed by atoms with Crippen molar-refractivity contribution in [2.75, 3.05) is 33.8 Å². The molecule has 0 bridgehead atoms. The molecule has 2 aromatic carbocycles. The zero-order valence-corrected chi connectivity index (χ0v) is 15.6. The number of hydrogen-bond donors (Lipinski definition) is 1. The monoisotopic (exact) mass is 353 g/mol. The predicted molar refractivity (Wildman–Crippen MR) is 105 cm³/mol. The molecule has 5 nitrogen and oxygen atoms in total. The molecule has 5 heteroatoms. The van der Waals surface area contributed by atoms with E-state index < -0.39 is 0 Å². The average Bonchev–Trinajstić information content (AvgIpc) is 2.70. The summed E-state index contributed by atoms with van der Waals surface area (Å²) in [6.45, 7) is 2.49. The Bertz CT molecular complexity index is 780. The van der Waals surface area contributed by atoms with E-state index in [1.165, 1.54) is 23.4 Å². The van der Waals surface area contributed by atoms with Gasteiger partial charge in [0.05, 0.1) is 13.0 Å². The first kappa shape index (κ1) is 18.2. The van der Waals surface area contributed by atoms with Gasteiger partial charge in [-0.1, -0.05) is 42.5 Å². The van der Waals surface area contributed by atoms with Crippen molar-refractivity contribution in [2.45, 2.75) is 19.3 Å². The smallest absolute Gasteiger partial charge is 0.308 e. The number of nitrogens with one attached hydrogen (secondary N) is 1. The van der Waals surface area contributed by atoms with Crippen molar-refractivity contribution in [1.82, 2.24) is 10.2 Å². The molecule has 0 amide bonds. The summed E-state index contributed by atoms with van der Waals surface area (Å²) in [6.07, 6.45) is 2.58. The number of nitrogens with zero attached hydrogens (tertiary/aromatic N) is 2. The lowest BCUT2D eigenvalue weighted by Gasteiger charge is -2.33. The van der Waals surface area contributed by atoms with Crippen LogP contribution in [-0.4, -0.2) is 50.6 Å². The number of benzene rings is 2. The maximum Gasteiger partial charge on any atom is 0.308 e. The number of aliphatic imine (C=N–C) groups is 1. The summed E-state index contributed by atoms with van der Waals surface area (Å²) in [5, 5.41) is 6.00. The highest BCUT2D eigenvalue weighted by atomic mass is 16.5. The van der Waals surface area contributed by atoms with Crippen LogP contribution in [0.15, 0.2) is 47.5 Å². The second-order valence-corrected chi connectivity index (χ2v) is 6.69. The Balaban J connectivity index is 1.50. The van der Waals surface area contributed by atoms with Crippen molar-refractivity contribution >= 4 is 22.7 Å². The normalized spacial score (nSPS) is 15.9. The van der Waals surface area contributed by atoms with E-state index in [4.69, 9.17) is 4.74 Å². The predicted octanol–water partition coefficient (Wildman–Crippen LogP) is 2.84. The Morgan fingerprint density at radius 3 is 2.62 bits per heavy atom. The summed E-state index contributed by atoms with van der Waals surface area (Å²) in [5.41, 5.74) is 1.32. The van der Waals surface area contributed by atoms with Gasteiger partial charge in [0.1, 0.15) is 0 Å². The SMILES string of the molecule is CN=C(NCCc1ccc2ccccc2c1)N1CCC(C(=O)OC)CC1. The van der Waals surface area contributed by atoms with Gasteiger partial charge in [-0.3, -0.25) is 9.79 Å². The fourth-order valence-electron chi connectivity index (χ4n) is 3.54. The molecule has 0 atom stereocenters. The summed E-state index contributed by atoms with van der Waals surface area (Å²) < 4.78 is 4.85. The number of carbonyl (C=O) groups excluding carboxylic acids is 1. The van der Waals surface area contributed by atoms with Crippen LogP contribution in [0.5, 0.6) is 0 Å². The molecule has 0 unspecified atom stereocenters. The molecular weight excluding hydrogens is 326 g/mol. The van der Waals surface area contributed by atoms with Crippen molar-refractivity contribution in [1.29, 1.82) is 0 Å². The summed E-state index contributed by atoms with van der Waals surface area (Å²) in [7, 11) is 3.27. The van der Waals surface area contributed by atoms with Gasteiger partial charge in [-0.2, -0.15) is 0 Å². The van der Waals surface area contributed by atoms with Crippen molar-refractivity contribution in [2.24, 2.45) is 10.9 Å². The number of guanidine groups is 1. The van der Waals surface area contributed by atoms with Crippen molar-refractivity contribution < 1.29 is 9.53 Å². The van der Waals surface area contributed by atoms with Crippen LogP contribution in [0.4, 0.5) is 0 Å². The molecule has 2 aromatic rings. The fourth-order valence-corrected chi connectivity index (χ4v) is 3.54. The fraction of sp³-hybridized carbons (Fsp3) is 0.429. The first-order valence-corrected chi connectivity index (χ1v) is 9.22. The number of methoxy groups -OCH3 is 1. The third kappa shape index (κ3) is 4.34. The minimum absolute atomic E-state index is 0.0203. The van der Waals surface area contributed by atoms with Crippen LogP contribution < -0.4 is 5.32 Å². The maximum absolute atomic E-state index is 11.6. The van der Waals surface area contributed by atoms with E-state index in [1.807, 2.05) is 7.05 Å². The zero-order chi connectivity index (χ0) is 18.4. The van der Waals surface area contributed by atoms with Crippen LogP contribution in [0.25, 0.3) is 10.8 Å². The molecule has 138 valence electrons. The van der Waals surface area contributed by atoms with Crippen molar-refractivity contribution in [3.05, 3.63) is 48.0 Å². The molecule has 1 aliphatic heterocycles. The maximum atomic E-state index is 11.6. The zero-order valence-electron chi connectivity index (χ0n) is 15.6. The van der Waals surface area contributed by atoms with Gasteiger partial charge in [0, 0.05) is 26.7 Å². The lowest BCUT2D eigenvalue weighted by atomic mass is 9.97. The minimum atomic E-state index is -0.0936. The van der Waals surface area contributed by atoms with E-state index in [1.54, 1.807) is 0 Å². The Morgan fingerprint density at radius 2 is 1.92 bits per heavy atom. The first-order valence-electron chi connectivity index (χ1n) is 9.22. The van der Waals surface area contributed by atoms with Crippen LogP contribution in [0, 0.1) is 5.92 Å². The molecule has 26 heavy (non-hydrogen) atoms. The molecule has 0 aromatic heterocycles. The molecule has 0 spiro atoms. The molecule has 1 saturated heterocycles. The number of carbonyl (C=O) groups is 1. The van der Waals surface area contributed by atoms with Crippen LogP contribution in [-0.2, 0) is 16.0 Å². The number of piperidine rings is 1. The van der Waals surface area contributed by atoms with Gasteiger partial charge in [-0.15, -0.1) is 0 Å². The van der Waals surface area contributed by atoms with Crippen molar-refractivity contribution in [3.8, 4) is 0 Å². The van der Waals surface area contributed by atoms with E-state index in [-0.39, 0.29) is 11.9 Å². The van der Waals surface area contributed by atoms with Crippen LogP contribution >= 0.6 is 0 Å². The minimum Gasteiger partial charge on any atom is -0.469 e. The number of ether oxygens (including phenoxy) is 1. The summed E-state index contributed by atoms with van der Waals surface area (Å²) in [5.74, 6) is 0.838. The molecule has 1 N–H and O–H groups in total. The van der Waals surface area contributed by atoms with Gasteiger partial charge >= 0.3 is 5.97 Å². The number of likely N-dealkylation sites (tertiary alicyclic amines) is 1. The lowest BCUT2D eigenvalue weighted by molar-refractivity contribution is -0.146. The molecule has 1 aliphatic rings. The van der Waals surface area contributed by atoms with Crippen LogP contribution in [0.1, 0.15) is 18.4 Å². The second-order valence-electron chi connectivity index (χ2n) is 6.69. The third-order valence-electron chi connectivity index (χ3n) is 5.05. The molecular formula is C21H27N3O2. The number of esters is 1. The topological polar surface area (TPSA) is 53.9 Å². The van der Waals surface area contributed by atoms with Crippen LogP contribution in [0.2, 0.25) is 0 Å². The largest absolute Gasteiger partial charge is 0.469 e. The summed E-state index contributed by atoms with van der Waals surface area (Å²) >= 11 is 0. The van der Waals surface area contributed by atoms with Gasteiger partial charge in [0.15, 0.2) is 5.96 Å². The number of fused-ring (bicyclic) bond motifs is 1. The molecule has 1 fully saturated rings. The lowest BCUT2D eigenvalue weighted by Crippen LogP contribution is -2.47. The third-order valence-corrected chi connectivity index (χ3v) is 5.05. The van der Waals surface area contributed by atoms with Crippen LogP contribution in [0.3, 0.4) is 0 Å². The van der Waals surface area contributed by atoms with Gasteiger partial charge in [0.25, 0.3) is 0 Å². The van der Waals surface area contributed by atoms with Crippen molar-refractivity contribution in [3.63, 3.8) is 0 Å². The van der Waals surface area contributed by atoms with Gasteiger partial charge in [0.2, 0.25) is 0 Å². The van der Waals surface area contributed by atoms with E-state index >= 15 is 0 Å². The number of hydrogen-bond acceptors (Lipinski definition) is 3. The summed E-state index contributed by atoms with van der Waals surface area (Å²) in [4.78, 5) is 18.3. The van der Waals surface area contributed by atoms with Gasteiger partial charge < -0.3 is 15.0 Å². The van der Waals surface area contributed by atoms with E-state index in [9.17, 15) is 4.79 Å². The molecule has 0 saturated carbocycles. The molecule has 1 heterocycles. The Morgan fingerprint density at radius 1 is 1.19 bits per heavy atom. The first-order chi connectivity index (χ1) is 12.7. The quantitative estimate of drug-likeness (QED) is 0.522. The average molecular weight is 353 g/mol. The highest BCUT2D eigenvalue weighted by molar-refractivity contribution is 5.83. The van der Waals surface area contributed by atoms with Gasteiger partial charge in [-0.25, -0.2) is 0 Å². The Hall–Kier alpha value is -2.56. The molecule has 3 rings (SSSR count). The summed E-state index contributed by atoms with van der Waals surface area (Å²) in [6, 6.07) is 15.0. The second kappa shape index (κ2) is 8.70. The van der Waals surface area contributed by atoms with Gasteiger partial charge in [-0.05, 0) is 35.6 Å². The van der Waals surface area contributed by atoms with E-state index in [0.717, 1.165) is 44.9 Å². The highest BCUT2D eigenvalue weighted by Gasteiger charge is 2.26. The molecule has 0 radical (unpaired) electrons. The highest BCUT2D eigenvalue weighted by Crippen LogP contribution is 2.19. The molecule has 0 aliphatic carbocycles. The standard InChI is InChI=1S/C21H27N3O2/c1-22-21(24-13-10-18(11-14-24)20(25)26-2)23-12-9-16-7-8-17-5-3-4-6-19(17)15-16/h3-8,15,18H,9-14H2,1-2H3,(H,22,23).